The quantitative estimate of drug-likeness (QED) is 0.662. The van der Waals surface area contributed by atoms with E-state index in [1.165, 1.54) is 0 Å². The molecule has 0 heterocycles. The number of nitrogens with one attached hydrogen (secondary N) is 2. The van der Waals surface area contributed by atoms with Gasteiger partial charge in [0.05, 0.1) is 6.10 Å². The third kappa shape index (κ3) is 4.70. The summed E-state index contributed by atoms with van der Waals surface area (Å²) >= 11 is 0. The largest absolute Gasteiger partial charge is 0.480 e. The van der Waals surface area contributed by atoms with Crippen LogP contribution in [0.1, 0.15) is 45.4 Å². The molecule has 0 aromatic rings. The number of urea groups is 1. The summed E-state index contributed by atoms with van der Waals surface area (Å²) in [6.45, 7) is 2.19. The topological polar surface area (TPSA) is 87.7 Å². The van der Waals surface area contributed by atoms with Crippen molar-refractivity contribution in [3.05, 3.63) is 0 Å². The van der Waals surface area contributed by atoms with Crippen LogP contribution < -0.4 is 10.6 Å². The van der Waals surface area contributed by atoms with Crippen LogP contribution in [0.25, 0.3) is 0 Å². The second-order valence-electron chi connectivity index (χ2n) is 5.18. The van der Waals surface area contributed by atoms with Crippen molar-refractivity contribution in [2.75, 3.05) is 13.7 Å². The van der Waals surface area contributed by atoms with E-state index in [9.17, 15) is 14.7 Å². The molecule has 1 atom stereocenters. The minimum absolute atomic E-state index is 0.0966. The summed E-state index contributed by atoms with van der Waals surface area (Å²) in [5.41, 5.74) is -1.11. The average Bonchev–Trinajstić information content (AvgIpc) is 2.62. The number of carboxylic acid groups (broad SMARTS) is 1. The van der Waals surface area contributed by atoms with E-state index in [0.29, 0.717) is 19.4 Å². The highest BCUT2D eigenvalue weighted by Gasteiger charge is 2.40. The van der Waals surface area contributed by atoms with Gasteiger partial charge in [-0.25, -0.2) is 9.59 Å². The molecule has 6 nitrogen and oxygen atoms in total. The maximum absolute atomic E-state index is 11.8. The Morgan fingerprint density at radius 1 is 1.26 bits per heavy atom. The van der Waals surface area contributed by atoms with Crippen molar-refractivity contribution in [3.8, 4) is 0 Å². The lowest BCUT2D eigenvalue weighted by molar-refractivity contribution is -0.145. The number of hydrogen-bond acceptors (Lipinski definition) is 3. The summed E-state index contributed by atoms with van der Waals surface area (Å²) < 4.78 is 5.02. The minimum Gasteiger partial charge on any atom is -0.480 e. The van der Waals surface area contributed by atoms with E-state index in [1.54, 1.807) is 7.11 Å². The predicted molar refractivity (Wildman–Crippen MR) is 71.1 cm³/mol. The monoisotopic (exact) mass is 272 g/mol. The molecule has 3 N–H and O–H groups in total. The molecule has 0 aliphatic heterocycles. The molecule has 19 heavy (non-hydrogen) atoms. The number of hydrogen-bond donors (Lipinski definition) is 3. The van der Waals surface area contributed by atoms with Crippen LogP contribution in [0.2, 0.25) is 0 Å². The Bertz CT molecular complexity index is 312. The highest BCUT2D eigenvalue weighted by molar-refractivity contribution is 5.86. The molecule has 1 saturated carbocycles. The Balaban J connectivity index is 2.57. The summed E-state index contributed by atoms with van der Waals surface area (Å²) in [6.07, 6.45) is 4.62. The molecule has 0 radical (unpaired) electrons. The van der Waals surface area contributed by atoms with E-state index in [1.807, 2.05) is 6.92 Å². The van der Waals surface area contributed by atoms with Crippen molar-refractivity contribution >= 4 is 12.0 Å². The molecule has 1 fully saturated rings. The molecule has 0 spiro atoms. The molecule has 0 aromatic carbocycles. The van der Waals surface area contributed by atoms with Gasteiger partial charge in [-0.15, -0.1) is 0 Å². The minimum atomic E-state index is -1.11. The normalized spacial score (nSPS) is 20.1. The molecular weight excluding hydrogens is 248 g/mol. The number of aliphatic carboxylic acids is 1. The molecule has 110 valence electrons. The van der Waals surface area contributed by atoms with Gasteiger partial charge in [-0.2, -0.15) is 0 Å². The van der Waals surface area contributed by atoms with Gasteiger partial charge in [-0.1, -0.05) is 25.7 Å². The van der Waals surface area contributed by atoms with Crippen LogP contribution >= 0.6 is 0 Å². The average molecular weight is 272 g/mol. The first kappa shape index (κ1) is 15.8. The van der Waals surface area contributed by atoms with E-state index in [4.69, 9.17) is 4.74 Å². The Labute approximate surface area is 113 Å². The first-order valence-corrected chi connectivity index (χ1v) is 6.82. The Morgan fingerprint density at radius 3 is 2.32 bits per heavy atom. The van der Waals surface area contributed by atoms with E-state index in [2.05, 4.69) is 10.6 Å². The van der Waals surface area contributed by atoms with E-state index in [0.717, 1.165) is 25.7 Å². The van der Waals surface area contributed by atoms with Gasteiger partial charge in [0, 0.05) is 13.7 Å². The van der Waals surface area contributed by atoms with Crippen LogP contribution in [-0.4, -0.2) is 42.4 Å². The van der Waals surface area contributed by atoms with Crippen LogP contribution in [0, 0.1) is 0 Å². The molecule has 2 amide bonds. The Hall–Kier alpha value is -1.30. The summed E-state index contributed by atoms with van der Waals surface area (Å²) in [4.78, 5) is 23.3. The summed E-state index contributed by atoms with van der Waals surface area (Å²) in [6, 6.07) is -0.437. The van der Waals surface area contributed by atoms with Crippen molar-refractivity contribution in [1.29, 1.82) is 0 Å². The fourth-order valence-corrected chi connectivity index (χ4v) is 2.31. The van der Waals surface area contributed by atoms with Gasteiger partial charge >= 0.3 is 12.0 Å². The van der Waals surface area contributed by atoms with Crippen LogP contribution in [0.15, 0.2) is 0 Å². The second-order valence-corrected chi connectivity index (χ2v) is 5.18. The van der Waals surface area contributed by atoms with E-state index in [-0.39, 0.29) is 6.10 Å². The maximum atomic E-state index is 11.8. The van der Waals surface area contributed by atoms with Crippen molar-refractivity contribution in [1.82, 2.24) is 10.6 Å². The smallest absolute Gasteiger partial charge is 0.329 e. The lowest BCUT2D eigenvalue weighted by atomic mass is 9.90. The van der Waals surface area contributed by atoms with Gasteiger partial charge in [0.25, 0.3) is 0 Å². The van der Waals surface area contributed by atoms with Gasteiger partial charge in [-0.05, 0) is 19.8 Å². The van der Waals surface area contributed by atoms with Crippen molar-refractivity contribution in [2.24, 2.45) is 0 Å². The van der Waals surface area contributed by atoms with Crippen LogP contribution in [0.5, 0.6) is 0 Å². The van der Waals surface area contributed by atoms with E-state index < -0.39 is 17.5 Å². The third-order valence-corrected chi connectivity index (χ3v) is 3.67. The molecule has 0 bridgehead atoms. The number of carboxylic acids is 1. The second kappa shape index (κ2) is 7.33. The highest BCUT2D eigenvalue weighted by Crippen LogP contribution is 2.27. The van der Waals surface area contributed by atoms with Gasteiger partial charge in [0.2, 0.25) is 0 Å². The molecule has 1 rings (SSSR count). The maximum Gasteiger partial charge on any atom is 0.329 e. The lowest BCUT2D eigenvalue weighted by Gasteiger charge is -2.29. The fourth-order valence-electron chi connectivity index (χ4n) is 2.31. The Morgan fingerprint density at radius 2 is 1.84 bits per heavy atom. The van der Waals surface area contributed by atoms with Crippen molar-refractivity contribution < 1.29 is 19.4 Å². The number of rotatable bonds is 5. The van der Waals surface area contributed by atoms with Gasteiger partial charge in [0.1, 0.15) is 5.54 Å². The molecule has 0 aromatic heterocycles. The summed E-state index contributed by atoms with van der Waals surface area (Å²) in [5, 5.41) is 14.7. The SMILES string of the molecule is COC(C)CNC(=O)NC1(C(=O)O)CCCCCC1. The lowest BCUT2D eigenvalue weighted by Crippen LogP contribution is -2.57. The number of amides is 2. The number of carbonyl (C=O) groups excluding carboxylic acids is 1. The molecule has 6 heteroatoms. The van der Waals surface area contributed by atoms with Gasteiger partial charge in [-0.3, -0.25) is 0 Å². The first-order chi connectivity index (χ1) is 9.00. The zero-order chi connectivity index (χ0) is 14.3. The third-order valence-electron chi connectivity index (χ3n) is 3.67. The van der Waals surface area contributed by atoms with E-state index >= 15 is 0 Å². The number of ether oxygens (including phenoxy) is 1. The summed E-state index contributed by atoms with van der Waals surface area (Å²) in [5.74, 6) is -0.940. The zero-order valence-electron chi connectivity index (χ0n) is 11.7. The number of carbonyl (C=O) groups is 2. The molecule has 1 aliphatic carbocycles. The standard InChI is InChI=1S/C13H24N2O4/c1-10(19-2)9-14-12(18)15-13(11(16)17)7-5-3-4-6-8-13/h10H,3-9H2,1-2H3,(H,16,17)(H2,14,15,18). The number of methoxy groups -OCH3 is 1. The van der Waals surface area contributed by atoms with Gasteiger partial charge in [0.15, 0.2) is 0 Å². The molecular formula is C13H24N2O4. The molecule has 0 saturated heterocycles. The first-order valence-electron chi connectivity index (χ1n) is 6.82. The van der Waals surface area contributed by atoms with Crippen LogP contribution in [0.3, 0.4) is 0 Å². The van der Waals surface area contributed by atoms with Crippen LogP contribution in [-0.2, 0) is 9.53 Å². The van der Waals surface area contributed by atoms with Crippen molar-refractivity contribution in [3.63, 3.8) is 0 Å². The fraction of sp³-hybridized carbons (Fsp3) is 0.846. The molecule has 1 unspecified atom stereocenters. The zero-order valence-corrected chi connectivity index (χ0v) is 11.7. The Kier molecular flexibility index (Phi) is 6.08. The summed E-state index contributed by atoms with van der Waals surface area (Å²) in [7, 11) is 1.56. The predicted octanol–water partition coefficient (Wildman–Crippen LogP) is 1.50. The highest BCUT2D eigenvalue weighted by atomic mass is 16.5. The van der Waals surface area contributed by atoms with Crippen molar-refractivity contribution in [2.45, 2.75) is 57.1 Å². The molecule has 1 aliphatic rings. The van der Waals surface area contributed by atoms with Crippen LogP contribution in [0.4, 0.5) is 4.79 Å². The van der Waals surface area contributed by atoms with Gasteiger partial charge < -0.3 is 20.5 Å².